The van der Waals surface area contributed by atoms with Gasteiger partial charge in [0.1, 0.15) is 0 Å². The molecule has 0 bridgehead atoms. The van der Waals surface area contributed by atoms with Crippen molar-refractivity contribution >= 4 is 27.5 Å². The summed E-state index contributed by atoms with van der Waals surface area (Å²) in [5.74, 6) is 0.0564. The van der Waals surface area contributed by atoms with E-state index in [-0.39, 0.29) is 5.91 Å². The average molecular weight is 358 g/mol. The quantitative estimate of drug-likeness (QED) is 0.556. The van der Waals surface area contributed by atoms with Gasteiger partial charge in [-0.05, 0) is 38.5 Å². The van der Waals surface area contributed by atoms with Crippen molar-refractivity contribution in [3.05, 3.63) is 28.2 Å². The third kappa shape index (κ3) is 7.07. The summed E-state index contributed by atoms with van der Waals surface area (Å²) in [6.07, 6.45) is 1.15. The van der Waals surface area contributed by atoms with Crippen molar-refractivity contribution in [2.24, 2.45) is 0 Å². The normalized spacial score (nSPS) is 10.9. The van der Waals surface area contributed by atoms with Gasteiger partial charge in [-0.15, -0.1) is 0 Å². The highest BCUT2D eigenvalue weighted by Crippen LogP contribution is 2.20. The lowest BCUT2D eigenvalue weighted by atomic mass is 10.2. The van der Waals surface area contributed by atoms with Gasteiger partial charge in [0.25, 0.3) is 5.91 Å². The van der Waals surface area contributed by atoms with E-state index in [1.165, 1.54) is 25.2 Å². The third-order valence-electron chi connectivity index (χ3n) is 3.72. The topological polar surface area (TPSA) is 50.2 Å². The van der Waals surface area contributed by atoms with Crippen molar-refractivity contribution in [2.75, 3.05) is 38.0 Å². The van der Waals surface area contributed by atoms with Crippen LogP contribution >= 0.6 is 15.9 Å². The highest BCUT2D eigenvalue weighted by atomic mass is 79.9. The maximum absolute atomic E-state index is 11.9. The summed E-state index contributed by atoms with van der Waals surface area (Å²) in [4.78, 5) is 13.5. The Morgan fingerprint density at radius 1 is 1.33 bits per heavy atom. The Hall–Kier alpha value is -0.910. The van der Waals surface area contributed by atoms with Crippen LogP contribution in [-0.2, 0) is 4.79 Å². The zero-order valence-electron chi connectivity index (χ0n) is 13.3. The van der Waals surface area contributed by atoms with Gasteiger partial charge >= 0.3 is 0 Å². The molecule has 0 radical (unpaired) electrons. The number of nitrogens with one attached hydrogen (secondary N) is 2. The molecule has 0 fully saturated rings. The van der Waals surface area contributed by atoms with Crippen molar-refractivity contribution in [1.82, 2.24) is 0 Å². The van der Waals surface area contributed by atoms with E-state index in [1.54, 1.807) is 4.90 Å². The molecule has 5 heteroatoms. The lowest BCUT2D eigenvalue weighted by molar-refractivity contribution is -0.898. The van der Waals surface area contributed by atoms with Crippen LogP contribution in [0.4, 0.5) is 5.69 Å². The third-order valence-corrected chi connectivity index (χ3v) is 4.58. The molecule has 4 N–H and O–H groups in total. The van der Waals surface area contributed by atoms with Crippen molar-refractivity contribution in [2.45, 2.75) is 27.2 Å². The number of nitrogens with two attached hydrogens (primary N) is 1. The van der Waals surface area contributed by atoms with Crippen LogP contribution in [-0.4, -0.2) is 38.6 Å². The predicted octanol–water partition coefficient (Wildman–Crippen LogP) is 0.574. The molecule has 0 unspecified atom stereocenters. The Bertz CT molecular complexity index is 447. The first kappa shape index (κ1) is 18.1. The van der Waals surface area contributed by atoms with Gasteiger partial charge < -0.3 is 15.5 Å². The van der Waals surface area contributed by atoms with Crippen LogP contribution in [0.25, 0.3) is 0 Å². The standard InChI is InChI=1S/C16H26BrN3O/c1-4-20(5-2)10-6-9-18-12-16(21)19-14-8-7-13(3)15(17)11-14/h7-8,11,18H,4-6,9-10,12H2,1-3H3,(H,19,21)/p+2. The highest BCUT2D eigenvalue weighted by molar-refractivity contribution is 9.10. The first-order chi connectivity index (χ1) is 10.1. The fourth-order valence-electron chi connectivity index (χ4n) is 2.22. The van der Waals surface area contributed by atoms with E-state index in [4.69, 9.17) is 0 Å². The molecule has 0 saturated carbocycles. The van der Waals surface area contributed by atoms with Crippen molar-refractivity contribution in [3.63, 3.8) is 0 Å². The number of aryl methyl sites for hydroxylation is 1. The number of hydrogen-bond donors (Lipinski definition) is 3. The van der Waals surface area contributed by atoms with Crippen LogP contribution in [0.1, 0.15) is 25.8 Å². The maximum Gasteiger partial charge on any atom is 0.279 e. The van der Waals surface area contributed by atoms with Gasteiger partial charge in [-0.25, -0.2) is 0 Å². The van der Waals surface area contributed by atoms with Crippen molar-refractivity contribution < 1.29 is 15.0 Å². The van der Waals surface area contributed by atoms with Gasteiger partial charge in [0.15, 0.2) is 6.54 Å². The van der Waals surface area contributed by atoms with E-state index in [2.05, 4.69) is 40.4 Å². The molecule has 1 aromatic rings. The van der Waals surface area contributed by atoms with Gasteiger partial charge in [0.05, 0.1) is 26.2 Å². The van der Waals surface area contributed by atoms with Gasteiger partial charge in [0, 0.05) is 16.6 Å². The average Bonchev–Trinajstić information content (AvgIpc) is 2.47. The second kappa shape index (κ2) is 9.92. The minimum atomic E-state index is 0.0564. The van der Waals surface area contributed by atoms with E-state index in [1.807, 2.05) is 25.1 Å². The first-order valence-corrected chi connectivity index (χ1v) is 8.57. The second-order valence-electron chi connectivity index (χ2n) is 5.35. The highest BCUT2D eigenvalue weighted by Gasteiger charge is 2.07. The summed E-state index contributed by atoms with van der Waals surface area (Å²) in [7, 11) is 0. The largest absolute Gasteiger partial charge is 0.338 e. The Morgan fingerprint density at radius 2 is 2.05 bits per heavy atom. The maximum atomic E-state index is 11.9. The van der Waals surface area contributed by atoms with Crippen LogP contribution in [0.2, 0.25) is 0 Å². The van der Waals surface area contributed by atoms with Crippen LogP contribution in [0, 0.1) is 6.92 Å². The molecule has 118 valence electrons. The minimum Gasteiger partial charge on any atom is -0.338 e. The summed E-state index contributed by atoms with van der Waals surface area (Å²) in [6, 6.07) is 5.87. The summed E-state index contributed by atoms with van der Waals surface area (Å²) in [5.41, 5.74) is 2.01. The monoisotopic (exact) mass is 357 g/mol. The molecule has 0 aliphatic carbocycles. The summed E-state index contributed by atoms with van der Waals surface area (Å²) < 4.78 is 1.02. The molecule has 0 aliphatic heterocycles. The molecule has 0 saturated heterocycles. The number of amides is 1. The molecule has 1 aromatic carbocycles. The molecular weight excluding hydrogens is 330 g/mol. The number of rotatable bonds is 9. The molecule has 1 rings (SSSR count). The van der Waals surface area contributed by atoms with Crippen molar-refractivity contribution in [3.8, 4) is 0 Å². The van der Waals surface area contributed by atoms with E-state index < -0.39 is 0 Å². The minimum absolute atomic E-state index is 0.0564. The molecule has 0 aliphatic rings. The number of benzene rings is 1. The molecular formula is C16H28BrN3O+2. The predicted molar refractivity (Wildman–Crippen MR) is 90.7 cm³/mol. The van der Waals surface area contributed by atoms with E-state index >= 15 is 0 Å². The number of hydrogen-bond acceptors (Lipinski definition) is 1. The smallest absolute Gasteiger partial charge is 0.279 e. The summed E-state index contributed by atoms with van der Waals surface area (Å²) >= 11 is 3.47. The number of carbonyl (C=O) groups excluding carboxylic acids is 1. The zero-order valence-corrected chi connectivity index (χ0v) is 14.9. The van der Waals surface area contributed by atoms with Crippen LogP contribution < -0.4 is 15.5 Å². The molecule has 0 heterocycles. The zero-order chi connectivity index (χ0) is 15.7. The fourth-order valence-corrected chi connectivity index (χ4v) is 2.59. The number of halogens is 1. The molecule has 0 atom stereocenters. The molecule has 1 amide bonds. The Balaban J connectivity index is 2.21. The van der Waals surface area contributed by atoms with E-state index in [9.17, 15) is 4.79 Å². The number of carbonyl (C=O) groups is 1. The lowest BCUT2D eigenvalue weighted by Gasteiger charge is -2.14. The van der Waals surface area contributed by atoms with E-state index in [0.717, 1.165) is 23.1 Å². The van der Waals surface area contributed by atoms with E-state index in [0.29, 0.717) is 6.54 Å². The van der Waals surface area contributed by atoms with Crippen LogP contribution in [0.5, 0.6) is 0 Å². The van der Waals surface area contributed by atoms with Crippen LogP contribution in [0.15, 0.2) is 22.7 Å². The van der Waals surface area contributed by atoms with Crippen molar-refractivity contribution in [1.29, 1.82) is 0 Å². The lowest BCUT2D eigenvalue weighted by Crippen LogP contribution is -3.11. The summed E-state index contributed by atoms with van der Waals surface area (Å²) in [5, 5.41) is 5.01. The van der Waals surface area contributed by atoms with Gasteiger partial charge in [-0.2, -0.15) is 0 Å². The fraction of sp³-hybridized carbons (Fsp3) is 0.562. The number of anilines is 1. The van der Waals surface area contributed by atoms with Gasteiger partial charge in [-0.3, -0.25) is 4.79 Å². The van der Waals surface area contributed by atoms with Gasteiger partial charge in [-0.1, -0.05) is 22.0 Å². The molecule has 4 nitrogen and oxygen atoms in total. The van der Waals surface area contributed by atoms with Crippen LogP contribution in [0.3, 0.4) is 0 Å². The number of quaternary nitrogens is 2. The van der Waals surface area contributed by atoms with Gasteiger partial charge in [0.2, 0.25) is 0 Å². The Kier molecular flexibility index (Phi) is 8.57. The first-order valence-electron chi connectivity index (χ1n) is 7.78. The second-order valence-corrected chi connectivity index (χ2v) is 6.21. The molecule has 21 heavy (non-hydrogen) atoms. The Labute approximate surface area is 136 Å². The summed E-state index contributed by atoms with van der Waals surface area (Å²) in [6.45, 7) is 11.5. The SMILES string of the molecule is CC[NH+](CC)CCC[NH2+]CC(=O)Nc1ccc(C)c(Br)c1. The molecule has 0 spiro atoms. The molecule has 0 aromatic heterocycles. The Morgan fingerprint density at radius 3 is 2.67 bits per heavy atom.